The Hall–Kier alpha value is -3.23. The average Bonchev–Trinajstić information content (AvgIpc) is 3.14. The highest BCUT2D eigenvalue weighted by molar-refractivity contribution is 5.72. The molecule has 1 aliphatic rings. The predicted molar refractivity (Wildman–Crippen MR) is 117 cm³/mol. The third kappa shape index (κ3) is 4.98. The van der Waals surface area contributed by atoms with Gasteiger partial charge in [-0.15, -0.1) is 0 Å². The minimum atomic E-state index is -1.27. The molecular weight excluding hydrogens is 413 g/mol. The highest BCUT2D eigenvalue weighted by Gasteiger charge is 2.36. The maximum atomic E-state index is 15.0. The first-order valence-electron chi connectivity index (χ1n) is 10.7. The van der Waals surface area contributed by atoms with Crippen LogP contribution in [-0.2, 0) is 11.3 Å². The first kappa shape index (κ1) is 22.0. The van der Waals surface area contributed by atoms with Crippen LogP contribution < -0.4 is 4.74 Å². The van der Waals surface area contributed by atoms with Gasteiger partial charge in [-0.25, -0.2) is 19.2 Å². The molecule has 1 aliphatic heterocycles. The first-order valence-corrected chi connectivity index (χ1v) is 10.7. The van der Waals surface area contributed by atoms with Crippen LogP contribution in [0, 0.1) is 0 Å². The lowest BCUT2D eigenvalue weighted by molar-refractivity contribution is 0.0107. The van der Waals surface area contributed by atoms with Crippen molar-refractivity contribution < 1.29 is 18.7 Å². The fourth-order valence-electron chi connectivity index (χ4n) is 3.74. The Balaban J connectivity index is 1.45. The number of hydrogen-bond donors (Lipinski definition) is 0. The summed E-state index contributed by atoms with van der Waals surface area (Å²) in [5.41, 5.74) is 0.994. The number of methoxy groups -OCH3 is 1. The molecule has 8 nitrogen and oxygen atoms in total. The van der Waals surface area contributed by atoms with Crippen LogP contribution in [0.15, 0.2) is 36.7 Å². The molecule has 0 saturated carbocycles. The zero-order valence-corrected chi connectivity index (χ0v) is 18.8. The van der Waals surface area contributed by atoms with Gasteiger partial charge in [0.1, 0.15) is 23.3 Å². The van der Waals surface area contributed by atoms with Gasteiger partial charge in [-0.2, -0.15) is 5.10 Å². The zero-order valence-electron chi connectivity index (χ0n) is 18.8. The Labute approximate surface area is 186 Å². The molecule has 0 N–H and O–H groups in total. The van der Waals surface area contributed by atoms with Gasteiger partial charge >= 0.3 is 6.09 Å². The third-order valence-electron chi connectivity index (χ3n) is 5.35. The molecular formula is C23H28FN5O3. The van der Waals surface area contributed by atoms with E-state index < -0.39 is 23.8 Å². The Morgan fingerprint density at radius 3 is 2.66 bits per heavy atom. The molecule has 4 rings (SSSR count). The van der Waals surface area contributed by atoms with Gasteiger partial charge in [-0.05, 0) is 44.9 Å². The van der Waals surface area contributed by atoms with Gasteiger partial charge in [0.15, 0.2) is 5.65 Å². The molecule has 0 radical (unpaired) electrons. The molecule has 2 aromatic heterocycles. The summed E-state index contributed by atoms with van der Waals surface area (Å²) in [5, 5.41) is 5.34. The van der Waals surface area contributed by atoms with E-state index in [1.807, 2.05) is 30.5 Å². The second-order valence-electron chi connectivity index (χ2n) is 9.02. The van der Waals surface area contributed by atoms with Gasteiger partial charge in [-0.1, -0.05) is 12.1 Å². The molecule has 1 saturated heterocycles. The van der Waals surface area contributed by atoms with Crippen LogP contribution in [0.1, 0.15) is 44.5 Å². The van der Waals surface area contributed by atoms with Crippen molar-refractivity contribution >= 4 is 17.1 Å². The number of alkyl halides is 1. The Bertz CT molecular complexity index is 1090. The second-order valence-corrected chi connectivity index (χ2v) is 9.02. The first-order chi connectivity index (χ1) is 15.2. The highest BCUT2D eigenvalue weighted by atomic mass is 19.1. The van der Waals surface area contributed by atoms with E-state index in [2.05, 4.69) is 15.1 Å². The van der Waals surface area contributed by atoms with Gasteiger partial charge < -0.3 is 14.4 Å². The molecule has 1 amide bonds. The largest absolute Gasteiger partial charge is 0.497 e. The standard InChI is InChI=1S/C23H28FN5O3/c1-23(2,3)32-22(30)28-10-9-18(19(24)14-28)21-25-11-16-13-29(27-20(16)26-21)12-15-5-7-17(31-4)8-6-15/h5-8,11,13,18-19H,9-10,12,14H2,1-4H3/t18-,19+/m0/s1. The van der Waals surface area contributed by atoms with Crippen molar-refractivity contribution in [2.75, 3.05) is 20.2 Å². The van der Waals surface area contributed by atoms with E-state index in [1.165, 1.54) is 4.90 Å². The summed E-state index contributed by atoms with van der Waals surface area (Å²) in [5.74, 6) is 0.738. The SMILES string of the molecule is COc1ccc(Cn2cc3cnc([C@H]4CCN(C(=O)OC(C)(C)C)C[C@H]4F)nc3n2)cc1. The van der Waals surface area contributed by atoms with Crippen molar-refractivity contribution in [3.05, 3.63) is 48.0 Å². The lowest BCUT2D eigenvalue weighted by atomic mass is 9.94. The Morgan fingerprint density at radius 1 is 1.25 bits per heavy atom. The van der Waals surface area contributed by atoms with Crippen molar-refractivity contribution in [1.29, 1.82) is 0 Å². The number of piperidine rings is 1. The van der Waals surface area contributed by atoms with Gasteiger partial charge in [0.05, 0.1) is 31.5 Å². The number of benzene rings is 1. The summed E-state index contributed by atoms with van der Waals surface area (Å²) >= 11 is 0. The molecule has 170 valence electrons. The van der Waals surface area contributed by atoms with E-state index in [4.69, 9.17) is 9.47 Å². The molecule has 0 spiro atoms. The number of likely N-dealkylation sites (tertiary alicyclic amines) is 1. The van der Waals surface area contributed by atoms with Gasteiger partial charge in [0.2, 0.25) is 0 Å². The van der Waals surface area contributed by atoms with E-state index in [9.17, 15) is 9.18 Å². The smallest absolute Gasteiger partial charge is 0.410 e. The summed E-state index contributed by atoms with van der Waals surface area (Å²) in [6.07, 6.45) is 2.23. The van der Waals surface area contributed by atoms with Gasteiger partial charge in [-0.3, -0.25) is 4.68 Å². The summed E-state index contributed by atoms with van der Waals surface area (Å²) in [7, 11) is 1.63. The monoisotopic (exact) mass is 441 g/mol. The number of hydrogen-bond acceptors (Lipinski definition) is 6. The van der Waals surface area contributed by atoms with Crippen LogP contribution in [0.25, 0.3) is 11.0 Å². The zero-order chi connectivity index (χ0) is 22.9. The van der Waals surface area contributed by atoms with E-state index in [0.29, 0.717) is 31.0 Å². The van der Waals surface area contributed by atoms with Crippen LogP contribution >= 0.6 is 0 Å². The Kier molecular flexibility index (Phi) is 5.99. The van der Waals surface area contributed by atoms with Crippen LogP contribution in [0.3, 0.4) is 0 Å². The number of amides is 1. The van der Waals surface area contributed by atoms with Crippen LogP contribution in [0.4, 0.5) is 9.18 Å². The Morgan fingerprint density at radius 2 is 2.00 bits per heavy atom. The van der Waals surface area contributed by atoms with Gasteiger partial charge in [0, 0.05) is 18.9 Å². The van der Waals surface area contributed by atoms with E-state index >= 15 is 0 Å². The molecule has 0 bridgehead atoms. The number of rotatable bonds is 4. The minimum Gasteiger partial charge on any atom is -0.497 e. The molecule has 2 atom stereocenters. The predicted octanol–water partition coefficient (Wildman–Crippen LogP) is 3.95. The van der Waals surface area contributed by atoms with Crippen LogP contribution in [0.5, 0.6) is 5.75 Å². The maximum Gasteiger partial charge on any atom is 0.410 e. The molecule has 0 aliphatic carbocycles. The molecule has 9 heteroatoms. The van der Waals surface area contributed by atoms with Crippen molar-refractivity contribution in [2.24, 2.45) is 0 Å². The van der Waals surface area contributed by atoms with Crippen LogP contribution in [0.2, 0.25) is 0 Å². The van der Waals surface area contributed by atoms with E-state index in [-0.39, 0.29) is 6.54 Å². The van der Waals surface area contributed by atoms with Crippen LogP contribution in [-0.4, -0.2) is 62.7 Å². The number of ether oxygens (including phenoxy) is 2. The van der Waals surface area contributed by atoms with E-state index in [1.54, 1.807) is 38.8 Å². The summed E-state index contributed by atoms with van der Waals surface area (Å²) in [4.78, 5) is 22.6. The molecule has 0 unspecified atom stereocenters. The summed E-state index contributed by atoms with van der Waals surface area (Å²) in [6.45, 7) is 6.32. The summed E-state index contributed by atoms with van der Waals surface area (Å²) in [6, 6.07) is 7.77. The lowest BCUT2D eigenvalue weighted by Gasteiger charge is -2.34. The van der Waals surface area contributed by atoms with Crippen molar-refractivity contribution in [1.82, 2.24) is 24.6 Å². The maximum absolute atomic E-state index is 15.0. The topological polar surface area (TPSA) is 82.4 Å². The number of halogens is 1. The highest BCUT2D eigenvalue weighted by Crippen LogP contribution is 2.30. The molecule has 3 aromatic rings. The fraction of sp³-hybridized carbons (Fsp3) is 0.478. The molecule has 32 heavy (non-hydrogen) atoms. The van der Waals surface area contributed by atoms with Crippen molar-refractivity contribution in [2.45, 2.75) is 51.4 Å². The number of aromatic nitrogens is 4. The number of nitrogens with zero attached hydrogens (tertiary/aromatic N) is 5. The number of fused-ring (bicyclic) bond motifs is 1. The average molecular weight is 442 g/mol. The van der Waals surface area contributed by atoms with Crippen molar-refractivity contribution in [3.63, 3.8) is 0 Å². The number of carbonyl (C=O) groups is 1. The normalized spacial score (nSPS) is 19.2. The summed E-state index contributed by atoms with van der Waals surface area (Å²) < 4.78 is 27.3. The quantitative estimate of drug-likeness (QED) is 0.610. The van der Waals surface area contributed by atoms with Crippen molar-refractivity contribution in [3.8, 4) is 5.75 Å². The molecule has 1 aromatic carbocycles. The second kappa shape index (κ2) is 8.72. The molecule has 1 fully saturated rings. The lowest BCUT2D eigenvalue weighted by Crippen LogP contribution is -2.46. The fourth-order valence-corrected chi connectivity index (χ4v) is 3.74. The third-order valence-corrected chi connectivity index (χ3v) is 5.35. The molecule has 3 heterocycles. The minimum absolute atomic E-state index is 0.0348. The number of carbonyl (C=O) groups excluding carboxylic acids is 1. The van der Waals surface area contributed by atoms with Gasteiger partial charge in [0.25, 0.3) is 0 Å². The van der Waals surface area contributed by atoms with E-state index in [0.717, 1.165) is 16.7 Å².